The van der Waals surface area contributed by atoms with E-state index in [1.807, 2.05) is 6.92 Å². The van der Waals surface area contributed by atoms with Gasteiger partial charge in [-0.25, -0.2) is 14.8 Å². The molecule has 0 saturated heterocycles. The van der Waals surface area contributed by atoms with Crippen molar-refractivity contribution in [2.24, 2.45) is 0 Å². The maximum atomic E-state index is 11.4. The predicted molar refractivity (Wildman–Crippen MR) is 66.8 cm³/mol. The Morgan fingerprint density at radius 2 is 2.11 bits per heavy atom. The minimum absolute atomic E-state index is 0.242. The molecule has 2 rings (SSSR count). The quantitative estimate of drug-likeness (QED) is 0.626. The fraction of sp³-hybridized carbons (Fsp3) is 0.300. The van der Waals surface area contributed by atoms with E-state index in [2.05, 4.69) is 20.2 Å². The summed E-state index contributed by atoms with van der Waals surface area (Å²) in [6.45, 7) is 3.98. The molecule has 2 aromatic heterocycles. The van der Waals surface area contributed by atoms with Crippen LogP contribution in [0.2, 0.25) is 0 Å². The molecule has 0 radical (unpaired) electrons. The van der Waals surface area contributed by atoms with Gasteiger partial charge < -0.3 is 4.74 Å². The van der Waals surface area contributed by atoms with Gasteiger partial charge in [0.1, 0.15) is 0 Å². The Morgan fingerprint density at radius 1 is 1.39 bits per heavy atom. The zero-order valence-electron chi connectivity index (χ0n) is 9.78. The van der Waals surface area contributed by atoms with Crippen molar-refractivity contribution in [2.45, 2.75) is 23.3 Å². The Bertz CT molecular complexity index is 541. The lowest BCUT2D eigenvalue weighted by atomic mass is 10.4. The summed E-state index contributed by atoms with van der Waals surface area (Å²) in [6.07, 6.45) is 3.45. The third-order valence-corrected chi connectivity index (χ3v) is 3.64. The molecule has 0 fully saturated rings. The first kappa shape index (κ1) is 12.9. The van der Waals surface area contributed by atoms with Crippen LogP contribution in [0.25, 0.3) is 0 Å². The first-order valence-corrected chi connectivity index (χ1v) is 6.79. The zero-order valence-corrected chi connectivity index (χ0v) is 11.4. The Hall–Kier alpha value is -1.54. The van der Waals surface area contributed by atoms with Crippen LogP contribution in [0.3, 0.4) is 0 Å². The van der Waals surface area contributed by atoms with Crippen molar-refractivity contribution in [3.63, 3.8) is 0 Å². The van der Waals surface area contributed by atoms with Crippen molar-refractivity contribution in [1.29, 1.82) is 0 Å². The molecule has 0 aromatic carbocycles. The molecule has 6 nitrogen and oxygen atoms in total. The molecule has 0 unspecified atom stereocenters. The average Bonchev–Trinajstić information content (AvgIpc) is 2.81. The summed E-state index contributed by atoms with van der Waals surface area (Å²) in [6, 6.07) is 0. The minimum atomic E-state index is -0.452. The highest BCUT2D eigenvalue weighted by Crippen LogP contribution is 2.27. The van der Waals surface area contributed by atoms with Gasteiger partial charge in [-0.1, -0.05) is 11.3 Å². The van der Waals surface area contributed by atoms with Gasteiger partial charge in [-0.2, -0.15) is 0 Å². The molecule has 2 heterocycles. The van der Waals surface area contributed by atoms with E-state index in [0.717, 1.165) is 5.56 Å². The number of carbonyl (C=O) groups is 1. The number of hydrogen-bond acceptors (Lipinski definition) is 8. The van der Waals surface area contributed by atoms with E-state index in [-0.39, 0.29) is 5.01 Å². The minimum Gasteiger partial charge on any atom is -0.461 e. The first-order valence-electron chi connectivity index (χ1n) is 5.16. The smallest absolute Gasteiger partial charge is 0.369 e. The average molecular weight is 282 g/mol. The third-order valence-electron chi connectivity index (χ3n) is 1.79. The van der Waals surface area contributed by atoms with Crippen LogP contribution < -0.4 is 0 Å². The van der Waals surface area contributed by atoms with E-state index < -0.39 is 5.97 Å². The fourth-order valence-electron chi connectivity index (χ4n) is 1.04. The Labute approximate surface area is 112 Å². The molecule has 0 N–H and O–H groups in total. The molecule has 0 atom stereocenters. The molecule has 0 aliphatic rings. The lowest BCUT2D eigenvalue weighted by molar-refractivity contribution is 0.0525. The van der Waals surface area contributed by atoms with Gasteiger partial charge in [0.25, 0.3) is 0 Å². The SMILES string of the molecule is CCOC(=O)c1nnc(Sc2ncc(C)cn2)s1. The maximum absolute atomic E-state index is 11.4. The maximum Gasteiger partial charge on any atom is 0.369 e. The van der Waals surface area contributed by atoms with Crippen molar-refractivity contribution in [3.05, 3.63) is 23.0 Å². The molecule has 94 valence electrons. The van der Waals surface area contributed by atoms with Crippen molar-refractivity contribution < 1.29 is 9.53 Å². The van der Waals surface area contributed by atoms with Gasteiger partial charge in [0.15, 0.2) is 9.50 Å². The number of carbonyl (C=O) groups excluding carboxylic acids is 1. The van der Waals surface area contributed by atoms with E-state index >= 15 is 0 Å². The molecule has 0 amide bonds. The third kappa shape index (κ3) is 3.23. The van der Waals surface area contributed by atoms with Crippen molar-refractivity contribution in [3.8, 4) is 0 Å². The summed E-state index contributed by atoms with van der Waals surface area (Å²) < 4.78 is 5.45. The standard InChI is InChI=1S/C10H10N4O2S2/c1-3-16-8(15)7-13-14-10(17-7)18-9-11-4-6(2)5-12-9/h4-5H,3H2,1-2H3. The van der Waals surface area contributed by atoms with Crippen LogP contribution in [0.1, 0.15) is 22.3 Å². The van der Waals surface area contributed by atoms with Gasteiger partial charge >= 0.3 is 5.97 Å². The molecular formula is C10H10N4O2S2. The second kappa shape index (κ2) is 5.87. The van der Waals surface area contributed by atoms with Gasteiger partial charge in [0.2, 0.25) is 5.01 Å². The predicted octanol–water partition coefficient (Wildman–Crippen LogP) is 1.96. The number of ether oxygens (including phenoxy) is 1. The van der Waals surface area contributed by atoms with E-state index in [9.17, 15) is 4.79 Å². The molecule has 0 aliphatic carbocycles. The topological polar surface area (TPSA) is 77.9 Å². The number of hydrogen-bond donors (Lipinski definition) is 0. The molecule has 0 aliphatic heterocycles. The normalized spacial score (nSPS) is 10.3. The summed E-state index contributed by atoms with van der Waals surface area (Å²) >= 11 is 2.43. The van der Waals surface area contributed by atoms with Gasteiger partial charge in [0, 0.05) is 12.4 Å². The van der Waals surface area contributed by atoms with Gasteiger partial charge in [-0.05, 0) is 31.2 Å². The molecule has 18 heavy (non-hydrogen) atoms. The fourth-order valence-corrected chi connectivity index (χ4v) is 2.58. The number of rotatable bonds is 4. The highest BCUT2D eigenvalue weighted by atomic mass is 32.2. The first-order chi connectivity index (χ1) is 8.69. The molecule has 0 saturated carbocycles. The molecule has 8 heteroatoms. The van der Waals surface area contributed by atoms with Gasteiger partial charge in [-0.15, -0.1) is 10.2 Å². The lowest BCUT2D eigenvalue weighted by Crippen LogP contribution is -2.03. The van der Waals surface area contributed by atoms with E-state index in [1.54, 1.807) is 19.3 Å². The Balaban J connectivity index is 2.06. The van der Waals surface area contributed by atoms with Gasteiger partial charge in [-0.3, -0.25) is 0 Å². The van der Waals surface area contributed by atoms with Crippen LogP contribution in [0.4, 0.5) is 0 Å². The molecule has 0 spiro atoms. The van der Waals surface area contributed by atoms with Crippen molar-refractivity contribution in [2.75, 3.05) is 6.61 Å². The van der Waals surface area contributed by atoms with Gasteiger partial charge in [0.05, 0.1) is 6.61 Å². The molecule has 0 bridgehead atoms. The molecular weight excluding hydrogens is 272 g/mol. The summed E-state index contributed by atoms with van der Waals surface area (Å²) in [5, 5.41) is 8.47. The Kier molecular flexibility index (Phi) is 4.21. The lowest BCUT2D eigenvalue weighted by Gasteiger charge is -1.95. The van der Waals surface area contributed by atoms with Crippen LogP contribution in [0.5, 0.6) is 0 Å². The number of nitrogens with zero attached hydrogens (tertiary/aromatic N) is 4. The largest absolute Gasteiger partial charge is 0.461 e. The van der Waals surface area contributed by atoms with Crippen LogP contribution in [-0.4, -0.2) is 32.7 Å². The zero-order chi connectivity index (χ0) is 13.0. The van der Waals surface area contributed by atoms with Crippen LogP contribution in [0.15, 0.2) is 21.9 Å². The van der Waals surface area contributed by atoms with Crippen molar-refractivity contribution in [1.82, 2.24) is 20.2 Å². The van der Waals surface area contributed by atoms with Crippen LogP contribution in [0, 0.1) is 6.92 Å². The van der Waals surface area contributed by atoms with Crippen molar-refractivity contribution >= 4 is 29.1 Å². The number of esters is 1. The number of aromatic nitrogens is 4. The summed E-state index contributed by atoms with van der Waals surface area (Å²) in [5.74, 6) is -0.452. The molecule has 2 aromatic rings. The van der Waals surface area contributed by atoms with E-state index in [1.165, 1.54) is 23.1 Å². The van der Waals surface area contributed by atoms with E-state index in [0.29, 0.717) is 16.1 Å². The summed E-state index contributed by atoms with van der Waals surface area (Å²) in [7, 11) is 0. The summed E-state index contributed by atoms with van der Waals surface area (Å²) in [4.78, 5) is 19.7. The van der Waals surface area contributed by atoms with E-state index in [4.69, 9.17) is 4.74 Å². The van der Waals surface area contributed by atoms with Crippen LogP contribution >= 0.6 is 23.1 Å². The summed E-state index contributed by atoms with van der Waals surface area (Å²) in [5.41, 5.74) is 0.990. The highest BCUT2D eigenvalue weighted by Gasteiger charge is 2.14. The monoisotopic (exact) mass is 282 g/mol. The Morgan fingerprint density at radius 3 is 2.78 bits per heavy atom. The van der Waals surface area contributed by atoms with Crippen LogP contribution in [-0.2, 0) is 4.74 Å². The second-order valence-corrected chi connectivity index (χ2v) is 5.43. The number of aryl methyl sites for hydroxylation is 1. The second-order valence-electron chi connectivity index (χ2n) is 3.24. The highest BCUT2D eigenvalue weighted by molar-refractivity contribution is 8.00.